The lowest BCUT2D eigenvalue weighted by Gasteiger charge is -2.11. The van der Waals surface area contributed by atoms with Crippen molar-refractivity contribution in [3.63, 3.8) is 0 Å². The molecule has 3 aromatic rings. The zero-order valence-electron chi connectivity index (χ0n) is 14.4. The van der Waals surface area contributed by atoms with Crippen molar-refractivity contribution in [1.82, 2.24) is 9.66 Å². The summed E-state index contributed by atoms with van der Waals surface area (Å²) in [6.45, 7) is 1.96. The molecule has 0 radical (unpaired) electrons. The van der Waals surface area contributed by atoms with Crippen molar-refractivity contribution in [2.45, 2.75) is 13.3 Å². The predicted octanol–water partition coefficient (Wildman–Crippen LogP) is 3.67. The Bertz CT molecular complexity index is 991. The van der Waals surface area contributed by atoms with Gasteiger partial charge in [0, 0.05) is 30.7 Å². The highest BCUT2D eigenvalue weighted by Crippen LogP contribution is 2.16. The van der Waals surface area contributed by atoms with Crippen LogP contribution >= 0.6 is 15.9 Å². The molecule has 1 heterocycles. The number of fused-ring (bicyclic) bond motifs is 1. The van der Waals surface area contributed by atoms with E-state index in [-0.39, 0.29) is 5.56 Å². The third-order valence-corrected chi connectivity index (χ3v) is 4.42. The number of hydrogen-bond donors (Lipinski definition) is 0. The molecule has 0 aliphatic carbocycles. The van der Waals surface area contributed by atoms with Crippen LogP contribution in [0.15, 0.2) is 56.8 Å². The number of halogens is 1. The first kappa shape index (κ1) is 17.4. The van der Waals surface area contributed by atoms with Crippen molar-refractivity contribution >= 4 is 38.7 Å². The van der Waals surface area contributed by atoms with Gasteiger partial charge in [0.05, 0.1) is 17.1 Å². The molecular weight excluding hydrogens is 380 g/mol. The molecule has 0 fully saturated rings. The first-order chi connectivity index (χ1) is 12.0. The molecule has 0 atom stereocenters. The maximum absolute atomic E-state index is 12.8. The van der Waals surface area contributed by atoms with Crippen molar-refractivity contribution in [2.75, 3.05) is 19.0 Å². The second-order valence-electron chi connectivity index (χ2n) is 5.89. The maximum Gasteiger partial charge on any atom is 0.282 e. The van der Waals surface area contributed by atoms with Gasteiger partial charge in [-0.2, -0.15) is 9.78 Å². The van der Waals surface area contributed by atoms with E-state index in [0.717, 1.165) is 15.7 Å². The van der Waals surface area contributed by atoms with Gasteiger partial charge in [0.1, 0.15) is 5.82 Å². The number of aromatic nitrogens is 2. The van der Waals surface area contributed by atoms with Crippen LogP contribution in [0, 0.1) is 0 Å². The minimum Gasteiger partial charge on any atom is -0.378 e. The van der Waals surface area contributed by atoms with Crippen LogP contribution in [0.4, 0.5) is 5.69 Å². The Hall–Kier alpha value is -2.47. The van der Waals surface area contributed by atoms with Crippen LogP contribution in [0.1, 0.15) is 18.3 Å². The normalized spacial score (nSPS) is 11.4. The summed E-state index contributed by atoms with van der Waals surface area (Å²) in [6.07, 6.45) is 2.31. The lowest BCUT2D eigenvalue weighted by atomic mass is 10.2. The minimum absolute atomic E-state index is 0.163. The Balaban J connectivity index is 2.05. The summed E-state index contributed by atoms with van der Waals surface area (Å²) >= 11 is 3.40. The fourth-order valence-corrected chi connectivity index (χ4v) is 2.89. The molecule has 6 heteroatoms. The topological polar surface area (TPSA) is 50.5 Å². The lowest BCUT2D eigenvalue weighted by Crippen LogP contribution is -2.22. The first-order valence-electron chi connectivity index (χ1n) is 8.02. The number of anilines is 1. The maximum atomic E-state index is 12.8. The quantitative estimate of drug-likeness (QED) is 0.629. The molecule has 1 aromatic heterocycles. The highest BCUT2D eigenvalue weighted by atomic mass is 79.9. The molecule has 0 saturated carbocycles. The van der Waals surface area contributed by atoms with E-state index >= 15 is 0 Å². The van der Waals surface area contributed by atoms with E-state index < -0.39 is 0 Å². The predicted molar refractivity (Wildman–Crippen MR) is 107 cm³/mol. The van der Waals surface area contributed by atoms with Gasteiger partial charge in [-0.05, 0) is 35.9 Å². The Kier molecular flexibility index (Phi) is 4.99. The minimum atomic E-state index is -0.163. The molecule has 0 unspecified atom stereocenters. The average Bonchev–Trinajstić information content (AvgIpc) is 2.61. The summed E-state index contributed by atoms with van der Waals surface area (Å²) in [7, 11) is 3.99. The first-order valence-corrected chi connectivity index (χ1v) is 8.82. The molecule has 0 saturated heterocycles. The van der Waals surface area contributed by atoms with Gasteiger partial charge < -0.3 is 4.90 Å². The lowest BCUT2D eigenvalue weighted by molar-refractivity contribution is 0.734. The third kappa shape index (κ3) is 3.64. The number of benzene rings is 2. The smallest absolute Gasteiger partial charge is 0.282 e. The summed E-state index contributed by atoms with van der Waals surface area (Å²) in [5.74, 6) is 0.640. The van der Waals surface area contributed by atoms with E-state index in [9.17, 15) is 4.79 Å². The molecule has 0 aliphatic heterocycles. The molecule has 0 N–H and O–H groups in total. The number of hydrogen-bond acceptors (Lipinski definition) is 4. The molecule has 5 nitrogen and oxygen atoms in total. The van der Waals surface area contributed by atoms with Gasteiger partial charge in [0.25, 0.3) is 5.56 Å². The molecule has 25 heavy (non-hydrogen) atoms. The van der Waals surface area contributed by atoms with Crippen LogP contribution in [-0.2, 0) is 6.42 Å². The van der Waals surface area contributed by atoms with Crippen LogP contribution in [0.5, 0.6) is 0 Å². The SMILES string of the molecule is CCc1nc2ccc(Br)cc2c(=O)n1N=Cc1ccc(N(C)C)cc1. The number of nitrogens with zero attached hydrogens (tertiary/aromatic N) is 4. The van der Waals surface area contributed by atoms with Crippen LogP contribution < -0.4 is 10.5 Å². The molecule has 0 spiro atoms. The molecule has 2 aromatic carbocycles. The molecular formula is C19H19BrN4O. The summed E-state index contributed by atoms with van der Waals surface area (Å²) in [4.78, 5) is 19.4. The van der Waals surface area contributed by atoms with Crippen molar-refractivity contribution in [2.24, 2.45) is 5.10 Å². The molecule has 0 aliphatic rings. The van der Waals surface area contributed by atoms with Gasteiger partial charge >= 0.3 is 0 Å². The van der Waals surface area contributed by atoms with E-state index in [1.807, 2.05) is 62.3 Å². The van der Waals surface area contributed by atoms with E-state index in [0.29, 0.717) is 23.1 Å². The van der Waals surface area contributed by atoms with Gasteiger partial charge in [-0.1, -0.05) is 35.0 Å². The summed E-state index contributed by atoms with van der Waals surface area (Å²) in [5.41, 5.74) is 2.56. The molecule has 0 bridgehead atoms. The van der Waals surface area contributed by atoms with E-state index in [1.54, 1.807) is 12.3 Å². The van der Waals surface area contributed by atoms with Crippen LogP contribution in [0.3, 0.4) is 0 Å². The zero-order chi connectivity index (χ0) is 18.0. The molecule has 0 amide bonds. The molecule has 128 valence electrons. The highest BCUT2D eigenvalue weighted by molar-refractivity contribution is 9.10. The van der Waals surface area contributed by atoms with Gasteiger partial charge in [-0.3, -0.25) is 4.79 Å². The zero-order valence-corrected chi connectivity index (χ0v) is 16.0. The standard InChI is InChI=1S/C19H19BrN4O/c1-4-18-22-17-10-7-14(20)11-16(17)19(25)24(18)21-12-13-5-8-15(9-6-13)23(2)3/h5-12H,4H2,1-3H3. The summed E-state index contributed by atoms with van der Waals surface area (Å²) in [5, 5.41) is 4.94. The fraction of sp³-hybridized carbons (Fsp3) is 0.211. The second-order valence-corrected chi connectivity index (χ2v) is 6.81. The van der Waals surface area contributed by atoms with Crippen molar-refractivity contribution < 1.29 is 0 Å². The van der Waals surface area contributed by atoms with Gasteiger partial charge in [-0.15, -0.1) is 0 Å². The van der Waals surface area contributed by atoms with Crippen LogP contribution in [-0.4, -0.2) is 30.0 Å². The van der Waals surface area contributed by atoms with Crippen molar-refractivity contribution in [3.05, 3.63) is 68.7 Å². The fourth-order valence-electron chi connectivity index (χ4n) is 2.53. The Morgan fingerprint density at radius 3 is 2.56 bits per heavy atom. The number of rotatable bonds is 4. The summed E-state index contributed by atoms with van der Waals surface area (Å²) < 4.78 is 2.23. The van der Waals surface area contributed by atoms with E-state index in [2.05, 4.69) is 26.0 Å². The summed E-state index contributed by atoms with van der Waals surface area (Å²) in [6, 6.07) is 13.5. The van der Waals surface area contributed by atoms with Crippen LogP contribution in [0.2, 0.25) is 0 Å². The largest absolute Gasteiger partial charge is 0.378 e. The van der Waals surface area contributed by atoms with Gasteiger partial charge in [-0.25, -0.2) is 4.98 Å². The van der Waals surface area contributed by atoms with Crippen molar-refractivity contribution in [3.8, 4) is 0 Å². The van der Waals surface area contributed by atoms with E-state index in [1.165, 1.54) is 4.68 Å². The monoisotopic (exact) mass is 398 g/mol. The van der Waals surface area contributed by atoms with Crippen molar-refractivity contribution in [1.29, 1.82) is 0 Å². The Morgan fingerprint density at radius 1 is 1.20 bits per heavy atom. The molecule has 3 rings (SSSR count). The Morgan fingerprint density at radius 2 is 1.92 bits per heavy atom. The third-order valence-electron chi connectivity index (χ3n) is 3.92. The second kappa shape index (κ2) is 7.19. The van der Waals surface area contributed by atoms with Crippen LogP contribution in [0.25, 0.3) is 10.9 Å². The van der Waals surface area contributed by atoms with Gasteiger partial charge in [0.15, 0.2) is 0 Å². The van der Waals surface area contributed by atoms with E-state index in [4.69, 9.17) is 0 Å². The Labute approximate surface area is 154 Å². The number of aryl methyl sites for hydroxylation is 1. The average molecular weight is 399 g/mol. The van der Waals surface area contributed by atoms with Gasteiger partial charge in [0.2, 0.25) is 0 Å². The highest BCUT2D eigenvalue weighted by Gasteiger charge is 2.09.